The lowest BCUT2D eigenvalue weighted by atomic mass is 10.1. The van der Waals surface area contributed by atoms with Gasteiger partial charge in [-0.15, -0.1) is 0 Å². The van der Waals surface area contributed by atoms with Crippen LogP contribution in [-0.2, 0) is 0 Å². The van der Waals surface area contributed by atoms with E-state index in [1.54, 1.807) is 12.1 Å². The van der Waals surface area contributed by atoms with Gasteiger partial charge in [0.15, 0.2) is 0 Å². The zero-order valence-electron chi connectivity index (χ0n) is 15.2. The molecule has 0 unspecified atom stereocenters. The van der Waals surface area contributed by atoms with E-state index in [1.807, 2.05) is 24.3 Å². The normalized spacial score (nSPS) is 11.2. The molecule has 0 aliphatic rings. The number of rotatable bonds is 4. The highest BCUT2D eigenvalue weighted by atomic mass is 16.6. The second-order valence-corrected chi connectivity index (χ2v) is 6.63. The molecule has 0 saturated carbocycles. The van der Waals surface area contributed by atoms with Crippen LogP contribution in [0.1, 0.15) is 0 Å². The van der Waals surface area contributed by atoms with E-state index in [2.05, 4.69) is 19.9 Å². The van der Waals surface area contributed by atoms with Gasteiger partial charge in [0.1, 0.15) is 11.6 Å². The maximum Gasteiger partial charge on any atom is 0.271 e. The van der Waals surface area contributed by atoms with E-state index in [0.717, 1.165) is 11.1 Å². The van der Waals surface area contributed by atoms with Crippen LogP contribution in [0.15, 0.2) is 60.7 Å². The average molecular weight is 400 g/mol. The number of nitro benzene ring substituents is 2. The molecule has 0 atom stereocenters. The van der Waals surface area contributed by atoms with Crippen molar-refractivity contribution < 1.29 is 9.85 Å². The molecule has 0 bridgehead atoms. The molecule has 2 aromatic heterocycles. The van der Waals surface area contributed by atoms with Gasteiger partial charge in [-0.2, -0.15) is 0 Å². The van der Waals surface area contributed by atoms with E-state index < -0.39 is 9.85 Å². The quantitative estimate of drug-likeness (QED) is 0.333. The monoisotopic (exact) mass is 400 g/mol. The molecule has 10 nitrogen and oxygen atoms in total. The van der Waals surface area contributed by atoms with E-state index >= 15 is 0 Å². The first-order chi connectivity index (χ1) is 14.5. The molecule has 10 heteroatoms. The highest BCUT2D eigenvalue weighted by Gasteiger charge is 2.16. The van der Waals surface area contributed by atoms with Crippen molar-refractivity contribution in [2.45, 2.75) is 0 Å². The Labute approximate surface area is 167 Å². The molecule has 2 N–H and O–H groups in total. The van der Waals surface area contributed by atoms with Crippen LogP contribution in [-0.4, -0.2) is 29.8 Å². The van der Waals surface area contributed by atoms with Gasteiger partial charge in [0.25, 0.3) is 11.4 Å². The fraction of sp³-hybridized carbons (Fsp3) is 0. The predicted molar refractivity (Wildman–Crippen MR) is 110 cm³/mol. The second kappa shape index (κ2) is 6.48. The third-order valence-electron chi connectivity index (χ3n) is 4.79. The summed E-state index contributed by atoms with van der Waals surface area (Å²) in [6.07, 6.45) is 0. The summed E-state index contributed by atoms with van der Waals surface area (Å²) in [6, 6.07) is 16.3. The molecule has 0 fully saturated rings. The van der Waals surface area contributed by atoms with Crippen LogP contribution >= 0.6 is 0 Å². The molecule has 2 heterocycles. The Morgan fingerprint density at radius 2 is 1.10 bits per heavy atom. The van der Waals surface area contributed by atoms with Gasteiger partial charge in [0.05, 0.1) is 31.9 Å². The minimum Gasteiger partial charge on any atom is -0.338 e. The van der Waals surface area contributed by atoms with Gasteiger partial charge >= 0.3 is 0 Å². The fourth-order valence-corrected chi connectivity index (χ4v) is 3.37. The van der Waals surface area contributed by atoms with Gasteiger partial charge in [0, 0.05) is 35.4 Å². The van der Waals surface area contributed by atoms with Crippen LogP contribution in [0.3, 0.4) is 0 Å². The van der Waals surface area contributed by atoms with Gasteiger partial charge in [0.2, 0.25) is 0 Å². The summed E-state index contributed by atoms with van der Waals surface area (Å²) in [6.45, 7) is 0. The van der Waals surface area contributed by atoms with E-state index in [9.17, 15) is 20.2 Å². The molecule has 0 radical (unpaired) electrons. The number of nitro groups is 2. The first-order valence-electron chi connectivity index (χ1n) is 8.88. The van der Waals surface area contributed by atoms with Gasteiger partial charge < -0.3 is 9.97 Å². The van der Waals surface area contributed by atoms with Crippen molar-refractivity contribution in [3.63, 3.8) is 0 Å². The van der Waals surface area contributed by atoms with Crippen LogP contribution < -0.4 is 0 Å². The van der Waals surface area contributed by atoms with Gasteiger partial charge in [-0.05, 0) is 12.1 Å². The summed E-state index contributed by atoms with van der Waals surface area (Å²) < 4.78 is 0. The van der Waals surface area contributed by atoms with Crippen molar-refractivity contribution in [3.8, 4) is 22.8 Å². The summed E-state index contributed by atoms with van der Waals surface area (Å²) in [4.78, 5) is 36.5. The van der Waals surface area contributed by atoms with Crippen LogP contribution in [0, 0.1) is 20.2 Å². The smallest absolute Gasteiger partial charge is 0.271 e. The van der Waals surface area contributed by atoms with Crippen molar-refractivity contribution in [2.75, 3.05) is 0 Å². The molecule has 5 rings (SSSR count). The molecule has 0 aliphatic heterocycles. The fourth-order valence-electron chi connectivity index (χ4n) is 3.37. The molecule has 0 aliphatic carbocycles. The number of aromatic amines is 2. The number of H-pyrrole nitrogens is 2. The summed E-state index contributed by atoms with van der Waals surface area (Å²) >= 11 is 0. The molecule has 0 spiro atoms. The second-order valence-electron chi connectivity index (χ2n) is 6.63. The number of hydrogen-bond donors (Lipinski definition) is 2. The van der Waals surface area contributed by atoms with Crippen molar-refractivity contribution in [1.29, 1.82) is 0 Å². The summed E-state index contributed by atoms with van der Waals surface area (Å²) in [5.41, 5.74) is 3.74. The third kappa shape index (κ3) is 2.83. The summed E-state index contributed by atoms with van der Waals surface area (Å²) in [5, 5.41) is 22.1. The number of imidazole rings is 2. The van der Waals surface area contributed by atoms with Crippen molar-refractivity contribution >= 4 is 33.4 Å². The minimum atomic E-state index is -0.457. The van der Waals surface area contributed by atoms with Gasteiger partial charge in [-0.1, -0.05) is 24.3 Å². The van der Waals surface area contributed by atoms with Crippen LogP contribution in [0.25, 0.3) is 44.8 Å². The number of aromatic nitrogens is 4. The largest absolute Gasteiger partial charge is 0.338 e. The topological polar surface area (TPSA) is 144 Å². The van der Waals surface area contributed by atoms with Gasteiger partial charge in [-0.25, -0.2) is 9.97 Å². The molecule has 146 valence electrons. The summed E-state index contributed by atoms with van der Waals surface area (Å²) in [5.74, 6) is 1.07. The number of non-ortho nitro benzene ring substituents is 2. The van der Waals surface area contributed by atoms with Crippen LogP contribution in [0.5, 0.6) is 0 Å². The first kappa shape index (κ1) is 17.5. The minimum absolute atomic E-state index is 0.0233. The number of hydrogen-bond acceptors (Lipinski definition) is 6. The zero-order chi connectivity index (χ0) is 20.8. The molecule has 30 heavy (non-hydrogen) atoms. The predicted octanol–water partition coefficient (Wildman–Crippen LogP) is 4.59. The van der Waals surface area contributed by atoms with Crippen molar-refractivity contribution in [3.05, 3.63) is 80.9 Å². The molecule has 5 aromatic rings. The lowest BCUT2D eigenvalue weighted by molar-refractivity contribution is -0.384. The van der Waals surface area contributed by atoms with Crippen molar-refractivity contribution in [1.82, 2.24) is 19.9 Å². The highest BCUT2D eigenvalue weighted by molar-refractivity contribution is 5.88. The number of fused-ring (bicyclic) bond motifs is 2. The molecular formula is C20H12N6O4. The number of benzene rings is 3. The van der Waals surface area contributed by atoms with E-state index in [1.165, 1.54) is 24.3 Å². The Morgan fingerprint density at radius 1 is 0.667 bits per heavy atom. The zero-order valence-corrected chi connectivity index (χ0v) is 15.2. The first-order valence-corrected chi connectivity index (χ1v) is 8.88. The number of nitrogens with one attached hydrogen (secondary N) is 2. The Balaban J connectivity index is 1.64. The molecule has 3 aromatic carbocycles. The lowest BCUT2D eigenvalue weighted by Crippen LogP contribution is -1.88. The third-order valence-corrected chi connectivity index (χ3v) is 4.79. The van der Waals surface area contributed by atoms with E-state index in [-0.39, 0.29) is 11.4 Å². The lowest BCUT2D eigenvalue weighted by Gasteiger charge is -2.04. The van der Waals surface area contributed by atoms with Gasteiger partial charge in [-0.3, -0.25) is 20.2 Å². The van der Waals surface area contributed by atoms with E-state index in [4.69, 9.17) is 0 Å². The highest BCUT2D eigenvalue weighted by Crippen LogP contribution is 2.32. The SMILES string of the molecule is O=[N+]([O-])c1ccc2nc(-c3ccccc3-c3nc4ccc([N+](=O)[O-])cc4[nH]3)[nH]c2c1. The molecule has 0 saturated heterocycles. The molecular weight excluding hydrogens is 388 g/mol. The summed E-state index contributed by atoms with van der Waals surface area (Å²) in [7, 11) is 0. The molecule has 0 amide bonds. The Morgan fingerprint density at radius 3 is 1.50 bits per heavy atom. The Kier molecular flexibility index (Phi) is 3.78. The Bertz CT molecular complexity index is 1360. The maximum absolute atomic E-state index is 11.0. The van der Waals surface area contributed by atoms with E-state index in [0.29, 0.717) is 33.7 Å². The average Bonchev–Trinajstić information content (AvgIpc) is 3.36. The Hall–Kier alpha value is -4.60. The maximum atomic E-state index is 11.0. The van der Waals surface area contributed by atoms with Crippen LogP contribution in [0.4, 0.5) is 11.4 Å². The standard InChI is InChI=1S/C20H12N6O4/c27-25(28)11-5-7-15-17(9-11)23-19(21-15)13-3-1-2-4-14(13)20-22-16-8-6-12(26(29)30)10-18(16)24-20/h1-10H,(H,21,23)(H,22,24). The number of nitrogens with zero attached hydrogens (tertiary/aromatic N) is 4. The van der Waals surface area contributed by atoms with Crippen LogP contribution in [0.2, 0.25) is 0 Å². The van der Waals surface area contributed by atoms with Crippen molar-refractivity contribution in [2.24, 2.45) is 0 Å².